The zero-order valence-electron chi connectivity index (χ0n) is 9.15. The van der Waals surface area contributed by atoms with Gasteiger partial charge in [0.25, 0.3) is 0 Å². The Morgan fingerprint density at radius 3 is 2.50 bits per heavy atom. The SMILES string of the molecule is NNC(=NCCS(N)(=O)=O)NC1CCCC1. The molecule has 0 bridgehead atoms. The summed E-state index contributed by atoms with van der Waals surface area (Å²) in [6.07, 6.45) is 4.59. The van der Waals surface area contributed by atoms with E-state index in [9.17, 15) is 8.42 Å². The van der Waals surface area contributed by atoms with Crippen LogP contribution >= 0.6 is 0 Å². The Morgan fingerprint density at radius 1 is 1.38 bits per heavy atom. The average molecular weight is 249 g/mol. The van der Waals surface area contributed by atoms with E-state index in [0.717, 1.165) is 12.8 Å². The van der Waals surface area contributed by atoms with E-state index >= 15 is 0 Å². The summed E-state index contributed by atoms with van der Waals surface area (Å²) >= 11 is 0. The van der Waals surface area contributed by atoms with Crippen LogP contribution in [0.15, 0.2) is 4.99 Å². The van der Waals surface area contributed by atoms with Crippen LogP contribution in [-0.2, 0) is 10.0 Å². The third-order valence-electron chi connectivity index (χ3n) is 2.48. The van der Waals surface area contributed by atoms with Crippen molar-refractivity contribution in [2.45, 2.75) is 31.7 Å². The fraction of sp³-hybridized carbons (Fsp3) is 0.875. The van der Waals surface area contributed by atoms with E-state index in [2.05, 4.69) is 15.7 Å². The molecule has 16 heavy (non-hydrogen) atoms. The van der Waals surface area contributed by atoms with Gasteiger partial charge in [-0.1, -0.05) is 12.8 Å². The number of nitrogens with zero attached hydrogens (tertiary/aromatic N) is 1. The first-order valence-corrected chi connectivity index (χ1v) is 7.01. The number of guanidine groups is 1. The fourth-order valence-electron chi connectivity index (χ4n) is 1.68. The van der Waals surface area contributed by atoms with Gasteiger partial charge in [-0.2, -0.15) is 0 Å². The number of hydrogen-bond donors (Lipinski definition) is 4. The van der Waals surface area contributed by atoms with E-state index in [1.54, 1.807) is 0 Å². The first-order valence-electron chi connectivity index (χ1n) is 5.29. The Hall–Kier alpha value is -0.860. The highest BCUT2D eigenvalue weighted by atomic mass is 32.2. The van der Waals surface area contributed by atoms with Gasteiger partial charge in [0.05, 0.1) is 12.3 Å². The number of rotatable bonds is 4. The number of nitrogens with two attached hydrogens (primary N) is 2. The van der Waals surface area contributed by atoms with Crippen molar-refractivity contribution in [3.63, 3.8) is 0 Å². The van der Waals surface area contributed by atoms with Crippen LogP contribution in [0.3, 0.4) is 0 Å². The minimum absolute atomic E-state index is 0.109. The van der Waals surface area contributed by atoms with E-state index in [1.165, 1.54) is 12.8 Å². The summed E-state index contributed by atoms with van der Waals surface area (Å²) in [6.45, 7) is 0.109. The molecule has 1 aliphatic carbocycles. The van der Waals surface area contributed by atoms with Crippen molar-refractivity contribution in [3.05, 3.63) is 0 Å². The van der Waals surface area contributed by atoms with Crippen LogP contribution in [-0.4, -0.2) is 32.7 Å². The van der Waals surface area contributed by atoms with Crippen LogP contribution in [0.25, 0.3) is 0 Å². The van der Waals surface area contributed by atoms with Gasteiger partial charge in [0.2, 0.25) is 16.0 Å². The summed E-state index contributed by atoms with van der Waals surface area (Å²) in [5.74, 6) is 5.53. The Labute approximate surface area is 95.7 Å². The first kappa shape index (κ1) is 13.2. The molecule has 1 aliphatic rings. The molecule has 94 valence electrons. The van der Waals surface area contributed by atoms with Crippen molar-refractivity contribution in [2.24, 2.45) is 16.0 Å². The van der Waals surface area contributed by atoms with Crippen molar-refractivity contribution in [3.8, 4) is 0 Å². The van der Waals surface area contributed by atoms with Crippen molar-refractivity contribution in [1.29, 1.82) is 0 Å². The maximum absolute atomic E-state index is 10.7. The van der Waals surface area contributed by atoms with Gasteiger partial charge in [0.15, 0.2) is 0 Å². The summed E-state index contributed by atoms with van der Waals surface area (Å²) < 4.78 is 21.4. The van der Waals surface area contributed by atoms with Crippen LogP contribution in [0, 0.1) is 0 Å². The molecule has 0 aliphatic heterocycles. The molecule has 0 amide bonds. The molecule has 0 atom stereocenters. The summed E-state index contributed by atoms with van der Waals surface area (Å²) in [5.41, 5.74) is 2.42. The predicted octanol–water partition coefficient (Wildman–Crippen LogP) is -1.37. The van der Waals surface area contributed by atoms with Gasteiger partial charge in [-0.15, -0.1) is 0 Å². The minimum Gasteiger partial charge on any atom is -0.353 e. The number of hydrogen-bond acceptors (Lipinski definition) is 4. The Morgan fingerprint density at radius 2 is 2.00 bits per heavy atom. The predicted molar refractivity (Wildman–Crippen MR) is 63.0 cm³/mol. The Balaban J connectivity index is 2.37. The molecule has 8 heteroatoms. The topological polar surface area (TPSA) is 123 Å². The molecule has 6 N–H and O–H groups in total. The van der Waals surface area contributed by atoms with Crippen LogP contribution in [0.2, 0.25) is 0 Å². The highest BCUT2D eigenvalue weighted by Gasteiger charge is 2.15. The highest BCUT2D eigenvalue weighted by Crippen LogP contribution is 2.17. The summed E-state index contributed by atoms with van der Waals surface area (Å²) in [4.78, 5) is 4.00. The largest absolute Gasteiger partial charge is 0.353 e. The monoisotopic (exact) mass is 249 g/mol. The molecule has 0 aromatic heterocycles. The maximum atomic E-state index is 10.7. The number of nitrogens with one attached hydrogen (secondary N) is 2. The molecule has 0 aromatic rings. The average Bonchev–Trinajstić information content (AvgIpc) is 2.67. The van der Waals surface area contributed by atoms with Gasteiger partial charge in [-0.25, -0.2) is 19.4 Å². The van der Waals surface area contributed by atoms with Crippen molar-refractivity contribution in [2.75, 3.05) is 12.3 Å². The number of aliphatic imine (C=N–C) groups is 1. The number of primary sulfonamides is 1. The molecule has 1 rings (SSSR count). The molecular weight excluding hydrogens is 230 g/mol. The molecule has 0 saturated heterocycles. The van der Waals surface area contributed by atoms with Gasteiger partial charge < -0.3 is 5.32 Å². The lowest BCUT2D eigenvalue weighted by atomic mass is 10.2. The smallest absolute Gasteiger partial charge is 0.210 e. The summed E-state index contributed by atoms with van der Waals surface area (Å²) in [6, 6.07) is 0.379. The molecule has 0 radical (unpaired) electrons. The second-order valence-electron chi connectivity index (χ2n) is 3.87. The third kappa shape index (κ3) is 5.29. The molecule has 0 heterocycles. The fourth-order valence-corrected chi connectivity index (χ4v) is 2.03. The molecule has 0 aromatic carbocycles. The first-order chi connectivity index (χ1) is 7.51. The normalized spacial score (nSPS) is 18.8. The number of sulfonamides is 1. The van der Waals surface area contributed by atoms with Crippen LogP contribution < -0.4 is 21.7 Å². The van der Waals surface area contributed by atoms with Crippen LogP contribution in [0.4, 0.5) is 0 Å². The van der Waals surface area contributed by atoms with Gasteiger partial charge in [0.1, 0.15) is 0 Å². The lowest BCUT2D eigenvalue weighted by molar-refractivity contribution is 0.597. The molecule has 0 spiro atoms. The van der Waals surface area contributed by atoms with E-state index < -0.39 is 10.0 Å². The molecule has 1 saturated carbocycles. The van der Waals surface area contributed by atoms with Crippen LogP contribution in [0.5, 0.6) is 0 Å². The van der Waals surface area contributed by atoms with Crippen molar-refractivity contribution in [1.82, 2.24) is 10.7 Å². The van der Waals surface area contributed by atoms with Gasteiger partial charge in [-0.05, 0) is 12.8 Å². The van der Waals surface area contributed by atoms with Crippen molar-refractivity contribution >= 4 is 16.0 Å². The quantitative estimate of drug-likeness (QED) is 0.212. The summed E-state index contributed by atoms with van der Waals surface area (Å²) in [5, 5.41) is 7.99. The van der Waals surface area contributed by atoms with E-state index in [1.807, 2.05) is 0 Å². The van der Waals surface area contributed by atoms with Gasteiger partial charge >= 0.3 is 0 Å². The van der Waals surface area contributed by atoms with Crippen LogP contribution in [0.1, 0.15) is 25.7 Å². The van der Waals surface area contributed by atoms with Gasteiger partial charge in [0, 0.05) is 6.04 Å². The molecular formula is C8H19N5O2S. The van der Waals surface area contributed by atoms with Crippen molar-refractivity contribution < 1.29 is 8.42 Å². The van der Waals surface area contributed by atoms with E-state index in [0.29, 0.717) is 12.0 Å². The lowest BCUT2D eigenvalue weighted by Gasteiger charge is -2.14. The summed E-state index contributed by atoms with van der Waals surface area (Å²) in [7, 11) is -3.46. The Bertz CT molecular complexity index is 334. The molecule has 1 fully saturated rings. The molecule has 7 nitrogen and oxygen atoms in total. The lowest BCUT2D eigenvalue weighted by Crippen LogP contribution is -2.45. The zero-order valence-corrected chi connectivity index (χ0v) is 9.96. The maximum Gasteiger partial charge on any atom is 0.210 e. The number of hydrazine groups is 1. The van der Waals surface area contributed by atoms with Gasteiger partial charge in [-0.3, -0.25) is 10.4 Å². The minimum atomic E-state index is -3.46. The Kier molecular flexibility index (Phi) is 4.97. The molecule has 0 unspecified atom stereocenters. The zero-order chi connectivity index (χ0) is 12.0. The highest BCUT2D eigenvalue weighted by molar-refractivity contribution is 7.89. The standard InChI is InChI=1S/C8H19N5O2S/c9-13-8(11-5-6-16(10,14)15)12-7-3-1-2-4-7/h7H,1-6,9H2,(H2,10,14,15)(H2,11,12,13). The van der Waals surface area contributed by atoms with E-state index in [-0.39, 0.29) is 12.3 Å². The third-order valence-corrected chi connectivity index (χ3v) is 3.23. The second kappa shape index (κ2) is 6.02. The second-order valence-corrected chi connectivity index (χ2v) is 5.60. The van der Waals surface area contributed by atoms with E-state index in [4.69, 9.17) is 11.0 Å².